The van der Waals surface area contributed by atoms with E-state index < -0.39 is 22.7 Å². The molecule has 25 heavy (non-hydrogen) atoms. The molecule has 2 heterocycles. The lowest BCUT2D eigenvalue weighted by molar-refractivity contribution is -0.677. The predicted molar refractivity (Wildman–Crippen MR) is 85.8 cm³/mol. The standard InChI is InChI=1S/C18H18N4O3/c1-3-23-13-6-4-12(5-7-13)14-16(9-19)15(21)22-18(17(14,16)10-20)24-8-11(2)25-18/h4-7,11,14H,3,8H2,1-2H3,(H2,21,22)/p+1/t11-,14-,16+,17+,18+/m0/s1. The zero-order valence-corrected chi connectivity index (χ0v) is 14.1. The third kappa shape index (κ3) is 1.62. The van der Waals surface area contributed by atoms with Crippen LogP contribution in [0.3, 0.4) is 0 Å². The monoisotopic (exact) mass is 339 g/mol. The Balaban J connectivity index is 1.81. The van der Waals surface area contributed by atoms with Crippen LogP contribution in [0.4, 0.5) is 0 Å². The van der Waals surface area contributed by atoms with Gasteiger partial charge in [-0.2, -0.15) is 10.5 Å². The van der Waals surface area contributed by atoms with Crippen molar-refractivity contribution in [2.75, 3.05) is 13.2 Å². The number of fused-ring (bicyclic) bond motifs is 2. The molecule has 5 atom stereocenters. The summed E-state index contributed by atoms with van der Waals surface area (Å²) < 4.78 is 17.2. The van der Waals surface area contributed by atoms with Crippen molar-refractivity contribution in [3.63, 3.8) is 0 Å². The smallest absolute Gasteiger partial charge is 0.343 e. The molecular formula is C18H19N4O3+. The Kier molecular flexibility index (Phi) is 3.15. The van der Waals surface area contributed by atoms with Gasteiger partial charge in [-0.05, 0) is 31.5 Å². The largest absolute Gasteiger partial charge is 0.494 e. The van der Waals surface area contributed by atoms with Crippen LogP contribution in [-0.4, -0.2) is 31.1 Å². The number of hydrogen-bond acceptors (Lipinski definition) is 6. The van der Waals surface area contributed by atoms with Crippen LogP contribution in [0.15, 0.2) is 24.3 Å². The molecule has 0 radical (unpaired) electrons. The number of hydrogen-bond donors (Lipinski definition) is 2. The lowest BCUT2D eigenvalue weighted by Gasteiger charge is -2.24. The van der Waals surface area contributed by atoms with E-state index in [0.717, 1.165) is 11.3 Å². The van der Waals surface area contributed by atoms with Gasteiger partial charge in [-0.15, -0.1) is 0 Å². The predicted octanol–water partition coefficient (Wildman–Crippen LogP) is -0.257. The van der Waals surface area contributed by atoms with E-state index in [1.165, 1.54) is 0 Å². The molecule has 7 nitrogen and oxygen atoms in total. The van der Waals surface area contributed by atoms with Crippen molar-refractivity contribution in [3.8, 4) is 17.9 Å². The summed E-state index contributed by atoms with van der Waals surface area (Å²) in [4.78, 5) is 2.95. The number of nitrogens with zero attached hydrogens (tertiary/aromatic N) is 2. The number of nitriles is 2. The lowest BCUT2D eigenvalue weighted by atomic mass is 9.94. The van der Waals surface area contributed by atoms with Crippen LogP contribution in [0.1, 0.15) is 25.3 Å². The van der Waals surface area contributed by atoms with Gasteiger partial charge in [0.1, 0.15) is 5.75 Å². The summed E-state index contributed by atoms with van der Waals surface area (Å²) in [6, 6.07) is 12.0. The summed E-state index contributed by atoms with van der Waals surface area (Å²) in [5, 5.41) is 20.0. The van der Waals surface area contributed by atoms with Crippen LogP contribution in [0, 0.1) is 33.5 Å². The first-order valence-corrected chi connectivity index (χ1v) is 8.29. The molecular weight excluding hydrogens is 320 g/mol. The molecule has 7 heteroatoms. The molecule has 1 saturated carbocycles. The number of benzene rings is 1. The molecule has 0 unspecified atom stereocenters. The summed E-state index contributed by atoms with van der Waals surface area (Å²) >= 11 is 0. The molecule has 1 spiro atoms. The van der Waals surface area contributed by atoms with E-state index in [1.807, 2.05) is 38.1 Å². The highest BCUT2D eigenvalue weighted by Gasteiger charge is 2.97. The molecule has 128 valence electrons. The molecule has 3 N–H and O–H groups in total. The van der Waals surface area contributed by atoms with Gasteiger partial charge in [-0.25, -0.2) is 4.99 Å². The lowest BCUT2D eigenvalue weighted by Crippen LogP contribution is -2.90. The topological polar surface area (TPSA) is 115 Å². The maximum atomic E-state index is 10.1. The maximum absolute atomic E-state index is 10.1. The van der Waals surface area contributed by atoms with Gasteiger partial charge in [0.15, 0.2) is 10.8 Å². The second-order valence-electron chi connectivity index (χ2n) is 6.67. The molecule has 1 aromatic carbocycles. The molecule has 1 aliphatic carbocycles. The highest BCUT2D eigenvalue weighted by Crippen LogP contribution is 2.79. The van der Waals surface area contributed by atoms with Crippen LogP contribution >= 0.6 is 0 Å². The van der Waals surface area contributed by atoms with Crippen LogP contribution in [0.5, 0.6) is 5.75 Å². The van der Waals surface area contributed by atoms with Crippen molar-refractivity contribution in [1.29, 1.82) is 10.5 Å². The van der Waals surface area contributed by atoms with Crippen molar-refractivity contribution < 1.29 is 19.2 Å². The summed E-state index contributed by atoms with van der Waals surface area (Å²) in [6.07, 6.45) is -0.193. The number of ether oxygens (including phenoxy) is 3. The fraction of sp³-hybridized carbons (Fsp3) is 0.500. The van der Waals surface area contributed by atoms with Crippen LogP contribution in [0.25, 0.3) is 0 Å². The molecule has 1 saturated heterocycles. The SMILES string of the molecule is CCOc1ccc([C@@H]2[C@@]3(C#N)[C@@]4([NH+]=C(N)[C@@]23C#N)OC[C@H](C)O4)cc1. The van der Waals surface area contributed by atoms with Gasteiger partial charge in [0.05, 0.1) is 31.5 Å². The molecule has 2 fully saturated rings. The number of amidine groups is 1. The highest BCUT2D eigenvalue weighted by molar-refractivity contribution is 5.95. The van der Waals surface area contributed by atoms with E-state index in [1.54, 1.807) is 0 Å². The number of nitrogens with two attached hydrogens (primary N) is 1. The normalized spacial score (nSPS) is 40.9. The van der Waals surface area contributed by atoms with Crippen LogP contribution in [0.2, 0.25) is 0 Å². The Morgan fingerprint density at radius 3 is 2.56 bits per heavy atom. The van der Waals surface area contributed by atoms with Gasteiger partial charge in [-0.3, -0.25) is 5.73 Å². The van der Waals surface area contributed by atoms with E-state index in [4.69, 9.17) is 19.9 Å². The van der Waals surface area contributed by atoms with Crippen LogP contribution < -0.4 is 15.5 Å². The number of nitrogens with one attached hydrogen (secondary N) is 1. The first-order chi connectivity index (χ1) is 12.0. The molecule has 4 rings (SSSR count). The Hall–Kier alpha value is -2.61. The minimum Gasteiger partial charge on any atom is -0.494 e. The van der Waals surface area contributed by atoms with Crippen molar-refractivity contribution in [1.82, 2.24) is 0 Å². The van der Waals surface area contributed by atoms with E-state index >= 15 is 0 Å². The molecule has 3 aliphatic rings. The average molecular weight is 339 g/mol. The van der Waals surface area contributed by atoms with E-state index in [9.17, 15) is 10.5 Å². The second-order valence-corrected chi connectivity index (χ2v) is 6.67. The second kappa shape index (κ2) is 4.95. The Bertz CT molecular complexity index is 839. The average Bonchev–Trinajstić information content (AvgIpc) is 3.00. The fourth-order valence-corrected chi connectivity index (χ4v) is 4.39. The van der Waals surface area contributed by atoms with Crippen molar-refractivity contribution in [2.45, 2.75) is 31.8 Å². The van der Waals surface area contributed by atoms with E-state index in [0.29, 0.717) is 13.2 Å². The molecule has 0 bridgehead atoms. The number of rotatable bonds is 3. The highest BCUT2D eigenvalue weighted by atomic mass is 16.8. The Morgan fingerprint density at radius 1 is 1.32 bits per heavy atom. The summed E-state index contributed by atoms with van der Waals surface area (Å²) in [5.74, 6) is -0.854. The van der Waals surface area contributed by atoms with E-state index in [-0.39, 0.29) is 11.9 Å². The van der Waals surface area contributed by atoms with Gasteiger partial charge in [0, 0.05) is 5.92 Å². The Labute approximate surface area is 145 Å². The van der Waals surface area contributed by atoms with Crippen molar-refractivity contribution in [3.05, 3.63) is 29.8 Å². The summed E-state index contributed by atoms with van der Waals surface area (Å²) in [7, 11) is 0. The summed E-state index contributed by atoms with van der Waals surface area (Å²) in [6.45, 7) is 4.68. The van der Waals surface area contributed by atoms with Gasteiger partial charge >= 0.3 is 5.91 Å². The third-order valence-corrected chi connectivity index (χ3v) is 5.41. The molecule has 0 amide bonds. The van der Waals surface area contributed by atoms with E-state index in [2.05, 4.69) is 17.1 Å². The first-order valence-electron chi connectivity index (χ1n) is 8.29. The quantitative estimate of drug-likeness (QED) is 0.784. The van der Waals surface area contributed by atoms with Crippen LogP contribution in [-0.2, 0) is 9.47 Å². The molecule has 2 aliphatic heterocycles. The molecule has 0 aromatic heterocycles. The zero-order chi connectivity index (χ0) is 17.9. The molecule has 1 aromatic rings. The fourth-order valence-electron chi connectivity index (χ4n) is 4.39. The van der Waals surface area contributed by atoms with Crippen molar-refractivity contribution >= 4 is 5.84 Å². The van der Waals surface area contributed by atoms with Gasteiger partial charge < -0.3 is 14.2 Å². The summed E-state index contributed by atoms with van der Waals surface area (Å²) in [5.41, 5.74) is 4.61. The minimum absolute atomic E-state index is 0.193. The minimum atomic E-state index is -1.38. The van der Waals surface area contributed by atoms with Gasteiger partial charge in [0.25, 0.3) is 5.84 Å². The third-order valence-electron chi connectivity index (χ3n) is 5.41. The van der Waals surface area contributed by atoms with Gasteiger partial charge in [0.2, 0.25) is 0 Å². The van der Waals surface area contributed by atoms with Gasteiger partial charge in [-0.1, -0.05) is 12.1 Å². The first kappa shape index (κ1) is 15.9. The zero-order valence-electron chi connectivity index (χ0n) is 14.1. The Morgan fingerprint density at radius 2 is 2.04 bits per heavy atom. The maximum Gasteiger partial charge on any atom is 0.343 e. The van der Waals surface area contributed by atoms with Crippen molar-refractivity contribution in [2.24, 2.45) is 16.6 Å².